The molecule has 0 saturated heterocycles. The van der Waals surface area contributed by atoms with Crippen LogP contribution in [0, 0.1) is 29.6 Å². The molecule has 0 amide bonds. The molecule has 0 heterocycles. The van der Waals surface area contributed by atoms with Crippen LogP contribution in [0.4, 0.5) is 0 Å². The minimum absolute atomic E-state index is 0.791. The number of hydrogen-bond acceptors (Lipinski definition) is 1. The van der Waals surface area contributed by atoms with Crippen LogP contribution in [0.25, 0.3) is 0 Å². The molecule has 0 aromatic carbocycles. The minimum atomic E-state index is 0.791. The van der Waals surface area contributed by atoms with Crippen LogP contribution >= 0.6 is 0 Å². The quantitative estimate of drug-likeness (QED) is 0.723. The largest absolute Gasteiger partial charge is 0.316 e. The molecule has 1 N–H and O–H groups in total. The second kappa shape index (κ2) is 7.67. The minimum Gasteiger partial charge on any atom is -0.316 e. The van der Waals surface area contributed by atoms with Gasteiger partial charge >= 0.3 is 0 Å². The van der Waals surface area contributed by atoms with Crippen molar-refractivity contribution in [3.05, 3.63) is 0 Å². The normalized spacial score (nSPS) is 36.0. The Morgan fingerprint density at radius 1 is 1.05 bits per heavy atom. The lowest BCUT2D eigenvalue weighted by atomic mass is 9.71. The van der Waals surface area contributed by atoms with Gasteiger partial charge < -0.3 is 5.32 Å². The van der Waals surface area contributed by atoms with Crippen molar-refractivity contribution in [1.82, 2.24) is 5.32 Å². The molecule has 4 atom stereocenters. The van der Waals surface area contributed by atoms with Gasteiger partial charge in [0.25, 0.3) is 0 Å². The van der Waals surface area contributed by atoms with E-state index in [1.165, 1.54) is 58.0 Å². The highest BCUT2D eigenvalue weighted by Gasteiger charge is 2.35. The monoisotopic (exact) mass is 265 g/mol. The zero-order chi connectivity index (χ0) is 13.7. The summed E-state index contributed by atoms with van der Waals surface area (Å²) in [5.41, 5.74) is 0. The zero-order valence-electron chi connectivity index (χ0n) is 13.5. The summed E-state index contributed by atoms with van der Waals surface area (Å²) in [5, 5.41) is 3.72. The molecule has 2 saturated carbocycles. The third-order valence-electron chi connectivity index (χ3n) is 5.68. The van der Waals surface area contributed by atoms with Gasteiger partial charge in [0.15, 0.2) is 0 Å². The van der Waals surface area contributed by atoms with E-state index in [1.807, 2.05) is 0 Å². The van der Waals surface area contributed by atoms with Gasteiger partial charge in [-0.25, -0.2) is 0 Å². The first-order valence-corrected chi connectivity index (χ1v) is 8.91. The molecule has 2 aliphatic carbocycles. The van der Waals surface area contributed by atoms with Crippen molar-refractivity contribution in [2.24, 2.45) is 29.6 Å². The first-order valence-electron chi connectivity index (χ1n) is 8.91. The fourth-order valence-corrected chi connectivity index (χ4v) is 4.59. The summed E-state index contributed by atoms with van der Waals surface area (Å²) in [4.78, 5) is 0. The van der Waals surface area contributed by atoms with E-state index in [-0.39, 0.29) is 0 Å². The van der Waals surface area contributed by atoms with Crippen LogP contribution in [0.5, 0.6) is 0 Å². The molecule has 2 aliphatic rings. The van der Waals surface area contributed by atoms with Crippen LogP contribution in [0.2, 0.25) is 0 Å². The third-order valence-corrected chi connectivity index (χ3v) is 5.68. The summed E-state index contributed by atoms with van der Waals surface area (Å²) in [5.74, 6) is 4.93. The smallest absolute Gasteiger partial charge is 0.00177 e. The Morgan fingerprint density at radius 2 is 1.84 bits per heavy atom. The van der Waals surface area contributed by atoms with E-state index < -0.39 is 0 Å². The predicted molar refractivity (Wildman–Crippen MR) is 84.3 cm³/mol. The summed E-state index contributed by atoms with van der Waals surface area (Å²) in [6.45, 7) is 9.50. The molecule has 1 heteroatoms. The topological polar surface area (TPSA) is 12.0 Å². The van der Waals surface area contributed by atoms with Crippen molar-refractivity contribution in [3.8, 4) is 0 Å². The molecule has 0 aromatic rings. The van der Waals surface area contributed by atoms with Gasteiger partial charge in [0, 0.05) is 0 Å². The van der Waals surface area contributed by atoms with E-state index in [2.05, 4.69) is 26.1 Å². The molecular weight excluding hydrogens is 230 g/mol. The number of hydrogen-bond donors (Lipinski definition) is 1. The Balaban J connectivity index is 1.80. The summed E-state index contributed by atoms with van der Waals surface area (Å²) < 4.78 is 0. The Labute approximate surface area is 120 Å². The Bertz CT molecular complexity index is 248. The molecule has 19 heavy (non-hydrogen) atoms. The van der Waals surface area contributed by atoms with E-state index in [4.69, 9.17) is 0 Å². The predicted octanol–water partition coefficient (Wildman–Crippen LogP) is 4.86. The summed E-state index contributed by atoms with van der Waals surface area (Å²) in [7, 11) is 0. The van der Waals surface area contributed by atoms with Crippen LogP contribution in [0.1, 0.15) is 72.1 Å². The molecule has 1 nitrogen and oxygen atoms in total. The summed E-state index contributed by atoms with van der Waals surface area (Å²) in [6, 6.07) is 0. The van der Waals surface area contributed by atoms with Crippen LogP contribution in [0.3, 0.4) is 0 Å². The van der Waals surface area contributed by atoms with Gasteiger partial charge in [-0.15, -0.1) is 0 Å². The molecule has 4 unspecified atom stereocenters. The Kier molecular flexibility index (Phi) is 6.19. The third kappa shape index (κ3) is 4.48. The Morgan fingerprint density at radius 3 is 2.58 bits per heavy atom. The van der Waals surface area contributed by atoms with Gasteiger partial charge in [-0.2, -0.15) is 0 Å². The van der Waals surface area contributed by atoms with Crippen molar-refractivity contribution in [1.29, 1.82) is 0 Å². The lowest BCUT2D eigenvalue weighted by molar-refractivity contribution is 0.158. The van der Waals surface area contributed by atoms with Crippen molar-refractivity contribution in [3.63, 3.8) is 0 Å². The second-order valence-corrected chi connectivity index (χ2v) is 7.61. The van der Waals surface area contributed by atoms with Gasteiger partial charge in [-0.05, 0) is 61.9 Å². The second-order valence-electron chi connectivity index (χ2n) is 7.61. The van der Waals surface area contributed by atoms with Crippen LogP contribution in [-0.4, -0.2) is 13.1 Å². The van der Waals surface area contributed by atoms with Crippen LogP contribution < -0.4 is 5.32 Å². The van der Waals surface area contributed by atoms with E-state index >= 15 is 0 Å². The van der Waals surface area contributed by atoms with Gasteiger partial charge in [0.1, 0.15) is 0 Å². The van der Waals surface area contributed by atoms with Gasteiger partial charge in [-0.3, -0.25) is 0 Å². The fourth-order valence-electron chi connectivity index (χ4n) is 4.59. The van der Waals surface area contributed by atoms with Gasteiger partial charge in [0.05, 0.1) is 0 Å². The maximum atomic E-state index is 3.72. The first kappa shape index (κ1) is 15.4. The highest BCUT2D eigenvalue weighted by Crippen LogP contribution is 2.44. The molecule has 2 fully saturated rings. The van der Waals surface area contributed by atoms with Crippen molar-refractivity contribution in [2.45, 2.75) is 72.1 Å². The Hall–Kier alpha value is -0.0400. The highest BCUT2D eigenvalue weighted by atomic mass is 14.9. The first-order chi connectivity index (χ1) is 9.20. The molecular formula is C18H35N. The molecule has 2 rings (SSSR count). The van der Waals surface area contributed by atoms with Gasteiger partial charge in [-0.1, -0.05) is 52.9 Å². The molecule has 0 aliphatic heterocycles. The number of nitrogens with one attached hydrogen (secondary N) is 1. The molecule has 112 valence electrons. The summed E-state index contributed by atoms with van der Waals surface area (Å²) in [6.07, 6.45) is 12.0. The SMILES string of the molecule is CCC1CCCC(C2CCCC2CNCC(C)C)C1. The van der Waals surface area contributed by atoms with Crippen LogP contribution in [-0.2, 0) is 0 Å². The summed E-state index contributed by atoms with van der Waals surface area (Å²) >= 11 is 0. The maximum Gasteiger partial charge on any atom is -0.00177 e. The van der Waals surface area contributed by atoms with E-state index in [0.29, 0.717) is 0 Å². The molecule has 0 spiro atoms. The van der Waals surface area contributed by atoms with Crippen molar-refractivity contribution in [2.75, 3.05) is 13.1 Å². The van der Waals surface area contributed by atoms with E-state index in [0.717, 1.165) is 29.6 Å². The maximum absolute atomic E-state index is 3.72. The number of rotatable bonds is 6. The molecule has 0 radical (unpaired) electrons. The standard InChI is InChI=1S/C18H35N/c1-4-15-7-5-8-16(11-15)18-10-6-9-17(18)13-19-12-14(2)3/h14-19H,4-13H2,1-3H3. The fraction of sp³-hybridized carbons (Fsp3) is 1.00. The van der Waals surface area contributed by atoms with Gasteiger partial charge in [0.2, 0.25) is 0 Å². The van der Waals surface area contributed by atoms with Crippen molar-refractivity contribution >= 4 is 0 Å². The van der Waals surface area contributed by atoms with E-state index in [9.17, 15) is 0 Å². The molecule has 0 aromatic heterocycles. The average molecular weight is 265 g/mol. The highest BCUT2D eigenvalue weighted by molar-refractivity contribution is 4.87. The van der Waals surface area contributed by atoms with E-state index in [1.54, 1.807) is 6.42 Å². The van der Waals surface area contributed by atoms with Crippen LogP contribution in [0.15, 0.2) is 0 Å². The lowest BCUT2D eigenvalue weighted by Gasteiger charge is -2.35. The average Bonchev–Trinajstić information content (AvgIpc) is 2.87. The zero-order valence-corrected chi connectivity index (χ0v) is 13.5. The van der Waals surface area contributed by atoms with Crippen molar-refractivity contribution < 1.29 is 0 Å². The lowest BCUT2D eigenvalue weighted by Crippen LogP contribution is -2.32. The molecule has 0 bridgehead atoms.